The van der Waals surface area contributed by atoms with E-state index in [2.05, 4.69) is 5.10 Å². The summed E-state index contributed by atoms with van der Waals surface area (Å²) < 4.78 is 16.3. The van der Waals surface area contributed by atoms with E-state index in [1.807, 2.05) is 0 Å². The predicted octanol–water partition coefficient (Wildman–Crippen LogP) is 3.51. The quantitative estimate of drug-likeness (QED) is 0.591. The van der Waals surface area contributed by atoms with Crippen molar-refractivity contribution < 1.29 is 23.8 Å². The second-order valence-electron chi connectivity index (χ2n) is 5.75. The number of rotatable bonds is 4. The molecular weight excluding hydrogens is 372 g/mol. The van der Waals surface area contributed by atoms with Crippen molar-refractivity contribution in [3.8, 4) is 11.5 Å². The van der Waals surface area contributed by atoms with Crippen LogP contribution in [0, 0.1) is 0 Å². The van der Waals surface area contributed by atoms with Crippen LogP contribution in [-0.4, -0.2) is 29.9 Å². The van der Waals surface area contributed by atoms with Crippen molar-refractivity contribution in [3.63, 3.8) is 0 Å². The van der Waals surface area contributed by atoms with Crippen LogP contribution in [0.2, 0.25) is 5.02 Å². The Labute approximate surface area is 161 Å². The van der Waals surface area contributed by atoms with Crippen LogP contribution in [0.3, 0.4) is 0 Å². The molecule has 27 heavy (non-hydrogen) atoms. The van der Waals surface area contributed by atoms with Gasteiger partial charge >= 0.3 is 5.97 Å². The molecule has 1 aliphatic heterocycles. The number of hydrogen-bond donors (Lipinski definition) is 0. The number of benzene rings is 2. The van der Waals surface area contributed by atoms with Gasteiger partial charge in [0.25, 0.3) is 0 Å². The Hall–Kier alpha value is -3.06. The molecule has 3 rings (SSSR count). The molecule has 1 aliphatic rings. The summed E-state index contributed by atoms with van der Waals surface area (Å²) in [5.41, 5.74) is 1.22. The Morgan fingerprint density at radius 1 is 1.15 bits per heavy atom. The number of carbonyl (C=O) groups excluding carboxylic acids is 2. The normalized spacial score (nSPS) is 15.8. The molecule has 2 aromatic rings. The van der Waals surface area contributed by atoms with E-state index in [9.17, 15) is 9.59 Å². The van der Waals surface area contributed by atoms with Gasteiger partial charge in [-0.3, -0.25) is 9.59 Å². The zero-order valence-corrected chi connectivity index (χ0v) is 15.7. The first kappa shape index (κ1) is 18.7. The average molecular weight is 389 g/mol. The highest BCUT2D eigenvalue weighted by atomic mass is 35.5. The largest absolute Gasteiger partial charge is 0.493 e. The van der Waals surface area contributed by atoms with E-state index in [0.717, 1.165) is 0 Å². The number of halogens is 1. The minimum absolute atomic E-state index is 0.228. The van der Waals surface area contributed by atoms with Gasteiger partial charge in [-0.1, -0.05) is 17.7 Å². The molecule has 0 aliphatic carbocycles. The maximum absolute atomic E-state index is 12.1. The number of hydrogen-bond acceptors (Lipinski definition) is 6. The van der Waals surface area contributed by atoms with Gasteiger partial charge in [0.2, 0.25) is 18.0 Å². The molecular formula is C19H17ClN2O5. The fraction of sp³-hybridized carbons (Fsp3) is 0.211. The molecule has 1 heterocycles. The third-order valence-electron chi connectivity index (χ3n) is 3.76. The zero-order valence-electron chi connectivity index (χ0n) is 14.9. The summed E-state index contributed by atoms with van der Waals surface area (Å²) in [7, 11) is 1.47. The SMILES string of the molecule is COc1ccc([C@H]2OC(c3cccc(Cl)c3)=NN2C(C)=O)cc1OC(C)=O. The van der Waals surface area contributed by atoms with Crippen LogP contribution in [0.15, 0.2) is 47.6 Å². The fourth-order valence-corrected chi connectivity index (χ4v) is 2.79. The van der Waals surface area contributed by atoms with E-state index < -0.39 is 12.2 Å². The van der Waals surface area contributed by atoms with Gasteiger partial charge in [-0.15, -0.1) is 5.10 Å². The lowest BCUT2D eigenvalue weighted by Crippen LogP contribution is -2.25. The van der Waals surface area contributed by atoms with Gasteiger partial charge in [0.05, 0.1) is 7.11 Å². The van der Waals surface area contributed by atoms with Crippen molar-refractivity contribution in [2.75, 3.05) is 7.11 Å². The van der Waals surface area contributed by atoms with E-state index >= 15 is 0 Å². The van der Waals surface area contributed by atoms with Gasteiger partial charge in [0, 0.05) is 30.0 Å². The number of nitrogens with zero attached hydrogens (tertiary/aromatic N) is 2. The lowest BCUT2D eigenvalue weighted by atomic mass is 10.1. The molecule has 0 aromatic heterocycles. The lowest BCUT2D eigenvalue weighted by Gasteiger charge is -2.20. The third-order valence-corrected chi connectivity index (χ3v) is 4.00. The third kappa shape index (κ3) is 4.03. The van der Waals surface area contributed by atoms with Crippen molar-refractivity contribution in [1.29, 1.82) is 0 Å². The van der Waals surface area contributed by atoms with Crippen LogP contribution in [0.4, 0.5) is 0 Å². The van der Waals surface area contributed by atoms with Crippen molar-refractivity contribution in [3.05, 3.63) is 58.6 Å². The zero-order chi connectivity index (χ0) is 19.6. The summed E-state index contributed by atoms with van der Waals surface area (Å²) in [5.74, 6) is 0.0876. The first-order valence-electron chi connectivity index (χ1n) is 8.06. The van der Waals surface area contributed by atoms with E-state index in [0.29, 0.717) is 21.9 Å². The Kier molecular flexibility index (Phi) is 5.32. The van der Waals surface area contributed by atoms with Crippen molar-refractivity contribution in [1.82, 2.24) is 5.01 Å². The van der Waals surface area contributed by atoms with Crippen molar-refractivity contribution in [2.45, 2.75) is 20.1 Å². The molecule has 0 N–H and O–H groups in total. The van der Waals surface area contributed by atoms with Gasteiger partial charge in [-0.25, -0.2) is 0 Å². The average Bonchev–Trinajstić information content (AvgIpc) is 3.07. The van der Waals surface area contributed by atoms with Crippen molar-refractivity contribution >= 4 is 29.4 Å². The maximum atomic E-state index is 12.1. The summed E-state index contributed by atoms with van der Waals surface area (Å²) >= 11 is 6.02. The summed E-state index contributed by atoms with van der Waals surface area (Å²) in [5, 5.41) is 6.01. The van der Waals surface area contributed by atoms with E-state index in [4.69, 9.17) is 25.8 Å². The topological polar surface area (TPSA) is 77.4 Å². The highest BCUT2D eigenvalue weighted by Crippen LogP contribution is 2.36. The highest BCUT2D eigenvalue weighted by Gasteiger charge is 2.33. The lowest BCUT2D eigenvalue weighted by molar-refractivity contribution is -0.135. The van der Waals surface area contributed by atoms with Crippen LogP contribution in [0.5, 0.6) is 11.5 Å². The Morgan fingerprint density at radius 3 is 2.56 bits per heavy atom. The van der Waals surface area contributed by atoms with Gasteiger partial charge in [0.1, 0.15) is 0 Å². The second kappa shape index (κ2) is 7.67. The first-order chi connectivity index (χ1) is 12.9. The Balaban J connectivity index is 1.96. The minimum atomic E-state index is -0.809. The summed E-state index contributed by atoms with van der Waals surface area (Å²) in [6.45, 7) is 2.68. The standard InChI is InChI=1S/C19H17ClN2O5/c1-11(23)22-19(27-18(21-22)13-5-4-6-15(20)9-13)14-7-8-16(25-3)17(10-14)26-12(2)24/h4-10,19H,1-3H3/t19-/m1/s1. The van der Waals surface area contributed by atoms with Crippen LogP contribution in [-0.2, 0) is 14.3 Å². The number of carbonyl (C=O) groups is 2. The summed E-state index contributed by atoms with van der Waals surface area (Å²) in [4.78, 5) is 23.4. The molecule has 0 bridgehead atoms. The van der Waals surface area contributed by atoms with Crippen LogP contribution in [0.1, 0.15) is 31.2 Å². The second-order valence-corrected chi connectivity index (χ2v) is 6.19. The Morgan fingerprint density at radius 2 is 1.93 bits per heavy atom. The van der Waals surface area contributed by atoms with Crippen molar-refractivity contribution in [2.24, 2.45) is 5.10 Å². The monoisotopic (exact) mass is 388 g/mol. The van der Waals surface area contributed by atoms with E-state index in [1.54, 1.807) is 42.5 Å². The number of methoxy groups -OCH3 is 1. The van der Waals surface area contributed by atoms with E-state index in [1.165, 1.54) is 26.0 Å². The maximum Gasteiger partial charge on any atom is 0.308 e. The molecule has 0 fully saturated rings. The molecule has 1 amide bonds. The minimum Gasteiger partial charge on any atom is -0.493 e. The molecule has 7 nitrogen and oxygen atoms in total. The molecule has 0 unspecified atom stereocenters. The number of amides is 1. The van der Waals surface area contributed by atoms with Gasteiger partial charge in [-0.05, 0) is 36.4 Å². The molecule has 8 heteroatoms. The molecule has 140 valence electrons. The molecule has 0 saturated heterocycles. The fourth-order valence-electron chi connectivity index (χ4n) is 2.60. The van der Waals surface area contributed by atoms with E-state index in [-0.39, 0.29) is 17.6 Å². The smallest absolute Gasteiger partial charge is 0.308 e. The number of esters is 1. The van der Waals surface area contributed by atoms with Crippen LogP contribution < -0.4 is 9.47 Å². The van der Waals surface area contributed by atoms with Crippen LogP contribution >= 0.6 is 11.6 Å². The van der Waals surface area contributed by atoms with Gasteiger partial charge < -0.3 is 14.2 Å². The molecule has 2 aromatic carbocycles. The van der Waals surface area contributed by atoms with Gasteiger partial charge in [-0.2, -0.15) is 5.01 Å². The molecule has 0 saturated carbocycles. The predicted molar refractivity (Wildman–Crippen MR) is 98.6 cm³/mol. The summed E-state index contributed by atoms with van der Waals surface area (Å²) in [6, 6.07) is 11.9. The highest BCUT2D eigenvalue weighted by molar-refractivity contribution is 6.31. The number of ether oxygens (including phenoxy) is 3. The molecule has 1 atom stereocenters. The molecule has 0 spiro atoms. The molecule has 0 radical (unpaired) electrons. The van der Waals surface area contributed by atoms with Crippen LogP contribution in [0.25, 0.3) is 0 Å². The van der Waals surface area contributed by atoms with Gasteiger partial charge in [0.15, 0.2) is 11.5 Å². The Bertz CT molecular complexity index is 928. The first-order valence-corrected chi connectivity index (χ1v) is 8.44. The summed E-state index contributed by atoms with van der Waals surface area (Å²) in [6.07, 6.45) is -0.809. The number of hydrazone groups is 1.